The molecule has 5 nitrogen and oxygen atoms in total. The molecular formula is C24H36ClNO4SSi. The zero-order valence-corrected chi connectivity index (χ0v) is 22.4. The summed E-state index contributed by atoms with van der Waals surface area (Å²) in [5.41, 5.74) is 1.61. The quantitative estimate of drug-likeness (QED) is 0.405. The van der Waals surface area contributed by atoms with Crippen LogP contribution in [0.2, 0.25) is 23.2 Å². The van der Waals surface area contributed by atoms with Crippen molar-refractivity contribution in [3.05, 3.63) is 64.7 Å². The molecule has 0 unspecified atom stereocenters. The third-order valence-electron chi connectivity index (χ3n) is 6.14. The molecule has 0 saturated carbocycles. The van der Waals surface area contributed by atoms with Crippen molar-refractivity contribution in [2.45, 2.75) is 75.7 Å². The summed E-state index contributed by atoms with van der Waals surface area (Å²) >= 11 is 6.38. The first-order valence-corrected chi connectivity index (χ1v) is 15.7. The van der Waals surface area contributed by atoms with Gasteiger partial charge in [0, 0.05) is 11.6 Å². The largest absolute Gasteiger partial charge is 0.417 e. The van der Waals surface area contributed by atoms with Gasteiger partial charge in [0.2, 0.25) is 10.0 Å². The molecule has 2 atom stereocenters. The minimum atomic E-state index is -3.79. The number of halogens is 1. The smallest absolute Gasteiger partial charge is 0.241 e. The van der Waals surface area contributed by atoms with Gasteiger partial charge in [-0.3, -0.25) is 0 Å². The fourth-order valence-corrected chi connectivity index (χ4v) is 5.58. The highest BCUT2D eigenvalue weighted by Gasteiger charge is 2.37. The second-order valence-electron chi connectivity index (χ2n) is 9.80. The molecule has 2 aromatic carbocycles. The zero-order valence-electron chi connectivity index (χ0n) is 19.9. The highest BCUT2D eigenvalue weighted by molar-refractivity contribution is 7.89. The molecule has 0 saturated heterocycles. The summed E-state index contributed by atoms with van der Waals surface area (Å²) in [4.78, 5) is 0.177. The van der Waals surface area contributed by atoms with Crippen molar-refractivity contribution in [1.29, 1.82) is 0 Å². The first-order chi connectivity index (χ1) is 14.7. The van der Waals surface area contributed by atoms with Crippen molar-refractivity contribution in [3.8, 4) is 0 Å². The standard InChI is InChI=1S/C24H36ClNO4SSi/c1-18-11-13-20(14-12-18)31(28,29)26-23(21-9-7-8-10-22(21)25)17-19(27)15-16-30-32(5,6)24(2,3)4/h7-14,19,23,26-27H,15-17H2,1-6H3/t19-,23-/m1/s1. The van der Waals surface area contributed by atoms with E-state index in [0.29, 0.717) is 23.6 Å². The van der Waals surface area contributed by atoms with Gasteiger partial charge in [-0.1, -0.05) is 68.3 Å². The van der Waals surface area contributed by atoms with Crippen LogP contribution in [0.5, 0.6) is 0 Å². The van der Waals surface area contributed by atoms with Gasteiger partial charge in [-0.25, -0.2) is 13.1 Å². The van der Waals surface area contributed by atoms with E-state index in [1.807, 2.05) is 6.92 Å². The maximum atomic E-state index is 13.0. The van der Waals surface area contributed by atoms with Crippen molar-refractivity contribution in [2.24, 2.45) is 0 Å². The first-order valence-electron chi connectivity index (χ1n) is 10.9. The van der Waals surface area contributed by atoms with E-state index in [1.165, 1.54) is 0 Å². The maximum Gasteiger partial charge on any atom is 0.241 e. The number of hydrogen-bond donors (Lipinski definition) is 2. The molecule has 0 amide bonds. The van der Waals surface area contributed by atoms with Crippen molar-refractivity contribution < 1.29 is 18.0 Å². The first kappa shape index (κ1) is 27.0. The van der Waals surface area contributed by atoms with E-state index in [0.717, 1.165) is 5.56 Å². The average Bonchev–Trinajstić information content (AvgIpc) is 2.67. The zero-order chi connectivity index (χ0) is 24.2. The lowest BCUT2D eigenvalue weighted by molar-refractivity contribution is 0.118. The molecule has 2 aromatic rings. The molecule has 0 fully saturated rings. The molecule has 2 N–H and O–H groups in total. The van der Waals surface area contributed by atoms with Gasteiger partial charge < -0.3 is 9.53 Å². The molecule has 0 heterocycles. The third kappa shape index (κ3) is 7.40. The molecule has 2 rings (SSSR count). The Kier molecular flexibility index (Phi) is 9.12. The third-order valence-corrected chi connectivity index (χ3v) is 12.5. The number of aliphatic hydroxyl groups excluding tert-OH is 1. The van der Waals surface area contributed by atoms with Crippen LogP contribution in [0, 0.1) is 6.92 Å². The van der Waals surface area contributed by atoms with Crippen LogP contribution in [-0.4, -0.2) is 34.6 Å². The van der Waals surface area contributed by atoms with Crippen LogP contribution >= 0.6 is 11.6 Å². The Hall–Kier alpha value is -1.22. The predicted molar refractivity (Wildman–Crippen MR) is 134 cm³/mol. The Morgan fingerprint density at radius 1 is 1.09 bits per heavy atom. The van der Waals surface area contributed by atoms with Crippen LogP contribution in [0.1, 0.15) is 50.8 Å². The summed E-state index contributed by atoms with van der Waals surface area (Å²) in [6.07, 6.45) is -0.142. The Morgan fingerprint density at radius 2 is 1.69 bits per heavy atom. The van der Waals surface area contributed by atoms with Gasteiger partial charge in [0.1, 0.15) is 0 Å². The number of sulfonamides is 1. The Balaban J connectivity index is 2.16. The molecule has 0 radical (unpaired) electrons. The summed E-state index contributed by atoms with van der Waals surface area (Å²) in [7, 11) is -5.71. The van der Waals surface area contributed by atoms with Crippen LogP contribution in [0.15, 0.2) is 53.4 Å². The molecule has 0 spiro atoms. The number of rotatable bonds is 10. The summed E-state index contributed by atoms with van der Waals surface area (Å²) in [6.45, 7) is 13.2. The lowest BCUT2D eigenvalue weighted by Crippen LogP contribution is -2.41. The van der Waals surface area contributed by atoms with Crippen LogP contribution in [0.4, 0.5) is 0 Å². The number of benzene rings is 2. The predicted octanol–water partition coefficient (Wildman–Crippen LogP) is 5.83. The summed E-state index contributed by atoms with van der Waals surface area (Å²) in [5.74, 6) is 0. The molecule has 0 aromatic heterocycles. The highest BCUT2D eigenvalue weighted by atomic mass is 35.5. The molecular weight excluding hydrogens is 462 g/mol. The fraction of sp³-hybridized carbons (Fsp3) is 0.500. The molecule has 178 valence electrons. The Labute approximate surface area is 199 Å². The van der Waals surface area contributed by atoms with E-state index in [4.69, 9.17) is 16.0 Å². The van der Waals surface area contributed by atoms with E-state index in [9.17, 15) is 13.5 Å². The van der Waals surface area contributed by atoms with E-state index >= 15 is 0 Å². The topological polar surface area (TPSA) is 75.6 Å². The molecule has 0 aliphatic heterocycles. The summed E-state index contributed by atoms with van der Waals surface area (Å²) in [6, 6.07) is 13.1. The van der Waals surface area contributed by atoms with Gasteiger partial charge in [-0.05, 0) is 61.7 Å². The number of nitrogens with one attached hydrogen (secondary N) is 1. The second-order valence-corrected chi connectivity index (χ2v) is 16.7. The highest BCUT2D eigenvalue weighted by Crippen LogP contribution is 2.36. The molecule has 8 heteroatoms. The van der Waals surface area contributed by atoms with E-state index < -0.39 is 30.5 Å². The Morgan fingerprint density at radius 3 is 2.25 bits per heavy atom. The molecule has 0 bridgehead atoms. The molecule has 32 heavy (non-hydrogen) atoms. The van der Waals surface area contributed by atoms with Crippen molar-refractivity contribution >= 4 is 29.9 Å². The van der Waals surface area contributed by atoms with Crippen molar-refractivity contribution in [1.82, 2.24) is 4.72 Å². The van der Waals surface area contributed by atoms with E-state index in [2.05, 4.69) is 38.6 Å². The molecule has 0 aliphatic rings. The van der Waals surface area contributed by atoms with Gasteiger partial charge in [-0.15, -0.1) is 0 Å². The average molecular weight is 498 g/mol. The van der Waals surface area contributed by atoms with E-state index in [1.54, 1.807) is 48.5 Å². The lowest BCUT2D eigenvalue weighted by atomic mass is 10.0. The van der Waals surface area contributed by atoms with Crippen LogP contribution in [-0.2, 0) is 14.4 Å². The van der Waals surface area contributed by atoms with Crippen LogP contribution in [0.3, 0.4) is 0 Å². The van der Waals surface area contributed by atoms with Gasteiger partial charge in [0.25, 0.3) is 0 Å². The second kappa shape index (κ2) is 10.8. The van der Waals surface area contributed by atoms with Gasteiger partial charge in [0.15, 0.2) is 8.32 Å². The number of aliphatic hydroxyl groups is 1. The van der Waals surface area contributed by atoms with Crippen LogP contribution in [0.25, 0.3) is 0 Å². The minimum Gasteiger partial charge on any atom is -0.417 e. The van der Waals surface area contributed by atoms with Gasteiger partial charge in [-0.2, -0.15) is 0 Å². The summed E-state index contributed by atoms with van der Waals surface area (Å²) < 4.78 is 35.0. The Bertz CT molecular complexity index is 988. The lowest BCUT2D eigenvalue weighted by Gasteiger charge is -2.36. The SMILES string of the molecule is Cc1ccc(S(=O)(=O)N[C@H](C[C@H](O)CCO[Si](C)(C)C(C)(C)C)c2ccccc2Cl)cc1. The number of aryl methyl sites for hydroxylation is 1. The minimum absolute atomic E-state index is 0.0850. The fourth-order valence-electron chi connectivity index (χ4n) is 3.03. The summed E-state index contributed by atoms with van der Waals surface area (Å²) in [5, 5.41) is 11.3. The number of hydrogen-bond acceptors (Lipinski definition) is 4. The van der Waals surface area contributed by atoms with Crippen molar-refractivity contribution in [3.63, 3.8) is 0 Å². The van der Waals surface area contributed by atoms with Gasteiger partial charge in [0.05, 0.1) is 17.0 Å². The van der Waals surface area contributed by atoms with Gasteiger partial charge >= 0.3 is 0 Å². The monoisotopic (exact) mass is 497 g/mol. The van der Waals surface area contributed by atoms with Crippen LogP contribution < -0.4 is 4.72 Å². The van der Waals surface area contributed by atoms with Crippen molar-refractivity contribution in [2.75, 3.05) is 6.61 Å². The molecule has 0 aliphatic carbocycles. The van der Waals surface area contributed by atoms with E-state index in [-0.39, 0.29) is 16.4 Å². The normalized spacial score (nSPS) is 14.9. The maximum absolute atomic E-state index is 13.0.